The van der Waals surface area contributed by atoms with Crippen LogP contribution in [0.4, 0.5) is 0 Å². The Morgan fingerprint density at radius 2 is 1.30 bits per heavy atom. The fourth-order valence-electron chi connectivity index (χ4n) is 3.97. The van der Waals surface area contributed by atoms with E-state index in [2.05, 4.69) is 0 Å². The molecule has 0 radical (unpaired) electrons. The first-order valence-corrected chi connectivity index (χ1v) is 8.20. The lowest BCUT2D eigenvalue weighted by atomic mass is 9.94. The van der Waals surface area contributed by atoms with Gasteiger partial charge in [0.25, 0.3) is 5.56 Å². The van der Waals surface area contributed by atoms with Crippen LogP contribution in [0.15, 0.2) is 4.79 Å². The Balaban J connectivity index is 2.02. The number of aromatic nitrogens is 2. The van der Waals surface area contributed by atoms with E-state index in [0.29, 0.717) is 5.56 Å². The lowest BCUT2D eigenvalue weighted by Crippen LogP contribution is -2.32. The molecule has 0 bridgehead atoms. The van der Waals surface area contributed by atoms with Crippen molar-refractivity contribution in [1.29, 1.82) is 0 Å². The van der Waals surface area contributed by atoms with E-state index in [4.69, 9.17) is 0 Å². The third-order valence-corrected chi connectivity index (χ3v) is 5.13. The minimum atomic E-state index is -0.0347. The summed E-state index contributed by atoms with van der Waals surface area (Å²) in [5.74, 6) is -0.0347. The minimum Gasteiger partial charge on any atom is -0.859 e. The predicted molar refractivity (Wildman–Crippen MR) is 77.1 cm³/mol. The lowest BCUT2D eigenvalue weighted by Gasteiger charge is -2.33. The van der Waals surface area contributed by atoms with Gasteiger partial charge in [-0.05, 0) is 38.5 Å². The van der Waals surface area contributed by atoms with E-state index < -0.39 is 0 Å². The Hall–Kier alpha value is -1.19. The van der Waals surface area contributed by atoms with Crippen molar-refractivity contribution >= 4 is 0 Å². The van der Waals surface area contributed by atoms with Gasteiger partial charge in [0.2, 0.25) is 0 Å². The highest BCUT2D eigenvalue weighted by Gasteiger charge is 2.26. The molecule has 0 amide bonds. The molecule has 1 aromatic heterocycles. The molecule has 2 saturated carbocycles. The summed E-state index contributed by atoms with van der Waals surface area (Å²) in [7, 11) is 0. The van der Waals surface area contributed by atoms with Crippen molar-refractivity contribution in [2.45, 2.75) is 83.2 Å². The molecular weight excluding hydrogens is 252 g/mol. The van der Waals surface area contributed by atoms with E-state index in [1.54, 1.807) is 6.92 Å². The molecule has 2 fully saturated rings. The van der Waals surface area contributed by atoms with E-state index in [1.165, 1.54) is 38.5 Å². The van der Waals surface area contributed by atoms with E-state index >= 15 is 0 Å². The molecule has 20 heavy (non-hydrogen) atoms. The van der Waals surface area contributed by atoms with Crippen LogP contribution < -0.4 is 10.7 Å². The Kier molecular flexibility index (Phi) is 3.90. The smallest absolute Gasteiger partial charge is 0.269 e. The second-order valence-corrected chi connectivity index (χ2v) is 6.51. The average Bonchev–Trinajstić information content (AvgIpc) is 2.73. The highest BCUT2D eigenvalue weighted by Crippen LogP contribution is 2.34. The zero-order valence-electron chi connectivity index (χ0n) is 12.4. The summed E-state index contributed by atoms with van der Waals surface area (Å²) >= 11 is 0. The molecular formula is C16H25N2O2-. The maximum atomic E-state index is 12.5. The normalized spacial score (nSPS) is 22.2. The Morgan fingerprint density at radius 1 is 0.850 bits per heavy atom. The quantitative estimate of drug-likeness (QED) is 0.834. The van der Waals surface area contributed by atoms with Crippen molar-refractivity contribution in [3.8, 4) is 5.88 Å². The molecule has 0 aromatic carbocycles. The third-order valence-electron chi connectivity index (χ3n) is 5.13. The van der Waals surface area contributed by atoms with Crippen LogP contribution in [0.1, 0.15) is 81.9 Å². The molecule has 1 heterocycles. The van der Waals surface area contributed by atoms with Crippen LogP contribution in [0.2, 0.25) is 0 Å². The van der Waals surface area contributed by atoms with Crippen molar-refractivity contribution in [2.24, 2.45) is 0 Å². The predicted octanol–water partition coefficient (Wildman–Crippen LogP) is 3.04. The van der Waals surface area contributed by atoms with Crippen LogP contribution in [-0.4, -0.2) is 9.36 Å². The van der Waals surface area contributed by atoms with Gasteiger partial charge in [-0.2, -0.15) is 0 Å². The molecule has 1 aromatic rings. The summed E-state index contributed by atoms with van der Waals surface area (Å²) in [6.45, 7) is 1.70. The number of hydrogen-bond donors (Lipinski definition) is 0. The molecule has 2 aliphatic rings. The number of nitrogens with zero attached hydrogens (tertiary/aromatic N) is 2. The Labute approximate surface area is 120 Å². The highest BCUT2D eigenvalue weighted by molar-refractivity contribution is 5.22. The van der Waals surface area contributed by atoms with Crippen LogP contribution >= 0.6 is 0 Å². The van der Waals surface area contributed by atoms with Crippen LogP contribution in [0, 0.1) is 6.92 Å². The average molecular weight is 277 g/mol. The molecule has 0 unspecified atom stereocenters. The number of hydrogen-bond acceptors (Lipinski definition) is 2. The van der Waals surface area contributed by atoms with Gasteiger partial charge in [-0.25, -0.2) is 4.68 Å². The van der Waals surface area contributed by atoms with Crippen molar-refractivity contribution < 1.29 is 5.11 Å². The topological polar surface area (TPSA) is 50.0 Å². The monoisotopic (exact) mass is 277 g/mol. The summed E-state index contributed by atoms with van der Waals surface area (Å²) < 4.78 is 3.68. The minimum absolute atomic E-state index is 0.0347. The van der Waals surface area contributed by atoms with Gasteiger partial charge in [0.1, 0.15) is 0 Å². The van der Waals surface area contributed by atoms with Gasteiger partial charge in [0.15, 0.2) is 0 Å². The molecule has 4 nitrogen and oxygen atoms in total. The largest absolute Gasteiger partial charge is 0.859 e. The van der Waals surface area contributed by atoms with Crippen LogP contribution in [-0.2, 0) is 0 Å². The zero-order valence-corrected chi connectivity index (χ0v) is 12.4. The SMILES string of the molecule is Cc1c([O-])n(C2CCCCC2)n(C2CCCCC2)c1=O. The Bertz CT molecular complexity index is 517. The molecule has 4 heteroatoms. The second kappa shape index (κ2) is 5.66. The van der Waals surface area contributed by atoms with Gasteiger partial charge in [0, 0.05) is 11.6 Å². The van der Waals surface area contributed by atoms with Gasteiger partial charge in [-0.15, -0.1) is 0 Å². The van der Waals surface area contributed by atoms with Crippen molar-refractivity contribution in [2.75, 3.05) is 0 Å². The van der Waals surface area contributed by atoms with E-state index in [9.17, 15) is 9.90 Å². The third kappa shape index (κ3) is 2.29. The van der Waals surface area contributed by atoms with Crippen molar-refractivity contribution in [1.82, 2.24) is 9.36 Å². The Morgan fingerprint density at radius 3 is 1.80 bits per heavy atom. The molecule has 0 aliphatic heterocycles. The first-order valence-electron chi connectivity index (χ1n) is 8.20. The molecule has 0 atom stereocenters. The summed E-state index contributed by atoms with van der Waals surface area (Å²) in [6.07, 6.45) is 11.5. The van der Waals surface area contributed by atoms with Crippen molar-refractivity contribution in [3.05, 3.63) is 15.9 Å². The molecule has 112 valence electrons. The van der Waals surface area contributed by atoms with Crippen molar-refractivity contribution in [3.63, 3.8) is 0 Å². The van der Waals surface area contributed by atoms with Crippen LogP contribution in [0.3, 0.4) is 0 Å². The van der Waals surface area contributed by atoms with Gasteiger partial charge in [-0.3, -0.25) is 9.48 Å². The van der Waals surface area contributed by atoms with E-state index in [-0.39, 0.29) is 23.5 Å². The first kappa shape index (κ1) is 13.8. The zero-order chi connectivity index (χ0) is 14.1. The second-order valence-electron chi connectivity index (χ2n) is 6.51. The lowest BCUT2D eigenvalue weighted by molar-refractivity contribution is -0.283. The standard InChI is InChI=1S/C16H26N2O2/c1-12-15(19)17(13-8-4-2-5-9-13)18(16(12)20)14-10-6-3-7-11-14/h13-14,19H,2-11H2,1H3/p-1. The van der Waals surface area contributed by atoms with Gasteiger partial charge < -0.3 is 5.11 Å². The van der Waals surface area contributed by atoms with Gasteiger partial charge in [-0.1, -0.05) is 38.5 Å². The fraction of sp³-hybridized carbons (Fsp3) is 0.812. The summed E-state index contributed by atoms with van der Waals surface area (Å²) in [6, 6.07) is 0.499. The summed E-state index contributed by atoms with van der Waals surface area (Å²) in [5, 5.41) is 12.5. The maximum absolute atomic E-state index is 12.5. The molecule has 0 N–H and O–H groups in total. The fourth-order valence-corrected chi connectivity index (χ4v) is 3.97. The molecule has 3 rings (SSSR count). The molecule has 0 saturated heterocycles. The number of rotatable bonds is 2. The summed E-state index contributed by atoms with van der Waals surface area (Å²) in [4.78, 5) is 12.5. The van der Waals surface area contributed by atoms with Crippen LogP contribution in [0.5, 0.6) is 5.88 Å². The molecule has 0 spiro atoms. The van der Waals surface area contributed by atoms with Gasteiger partial charge >= 0.3 is 0 Å². The highest BCUT2D eigenvalue weighted by atomic mass is 16.3. The van der Waals surface area contributed by atoms with Gasteiger partial charge in [0.05, 0.1) is 6.04 Å². The van der Waals surface area contributed by atoms with E-state index in [0.717, 1.165) is 25.7 Å². The summed E-state index contributed by atoms with van der Waals surface area (Å²) in [5.41, 5.74) is 0.383. The van der Waals surface area contributed by atoms with E-state index in [1.807, 2.05) is 9.36 Å². The van der Waals surface area contributed by atoms with Crippen LogP contribution in [0.25, 0.3) is 0 Å². The first-order chi connectivity index (χ1) is 9.70. The molecule has 2 aliphatic carbocycles. The maximum Gasteiger partial charge on any atom is 0.269 e.